The van der Waals surface area contributed by atoms with Gasteiger partial charge in [-0.3, -0.25) is 9.36 Å². The number of imidazole rings is 1. The van der Waals surface area contributed by atoms with Crippen molar-refractivity contribution in [1.29, 1.82) is 0 Å². The van der Waals surface area contributed by atoms with Gasteiger partial charge in [-0.1, -0.05) is 24.9 Å². The maximum atomic E-state index is 13.2. The molecule has 0 radical (unpaired) electrons. The lowest BCUT2D eigenvalue weighted by molar-refractivity contribution is 0.375. The summed E-state index contributed by atoms with van der Waals surface area (Å²) >= 11 is 3.35. The van der Waals surface area contributed by atoms with Crippen LogP contribution in [-0.2, 0) is 19.4 Å². The summed E-state index contributed by atoms with van der Waals surface area (Å²) in [6.45, 7) is 2.86. The predicted octanol–water partition coefficient (Wildman–Crippen LogP) is 3.95. The van der Waals surface area contributed by atoms with Gasteiger partial charge in [0.1, 0.15) is 11.6 Å². The molecule has 0 atom stereocenters. The first-order chi connectivity index (χ1) is 17.1. The van der Waals surface area contributed by atoms with Gasteiger partial charge in [0.25, 0.3) is 5.56 Å². The maximum absolute atomic E-state index is 13.2. The molecule has 1 aromatic carbocycles. The van der Waals surface area contributed by atoms with E-state index in [0.29, 0.717) is 65.0 Å². The second-order valence-electron chi connectivity index (χ2n) is 8.24. The van der Waals surface area contributed by atoms with Crippen LogP contribution < -0.4 is 10.3 Å². The number of rotatable bonds is 10. The summed E-state index contributed by atoms with van der Waals surface area (Å²) in [5.41, 5.74) is 1.66. The zero-order valence-electron chi connectivity index (χ0n) is 19.5. The fourth-order valence-corrected chi connectivity index (χ4v) is 4.44. The van der Waals surface area contributed by atoms with Gasteiger partial charge in [0.2, 0.25) is 17.5 Å². The monoisotopic (exact) mass is 540 g/mol. The van der Waals surface area contributed by atoms with E-state index >= 15 is 0 Å². The van der Waals surface area contributed by atoms with E-state index < -0.39 is 0 Å². The number of aromatic amines is 1. The average Bonchev–Trinajstić information content (AvgIpc) is 3.60. The minimum Gasteiger partial charge on any atom is -0.497 e. The first-order valence-electron chi connectivity index (χ1n) is 11.6. The number of aryl methyl sites for hydroxylation is 3. The van der Waals surface area contributed by atoms with Crippen molar-refractivity contribution in [2.45, 2.75) is 52.0 Å². The molecule has 0 aliphatic carbocycles. The lowest BCUT2D eigenvalue weighted by Crippen LogP contribution is -2.21. The second kappa shape index (κ2) is 9.98. The van der Waals surface area contributed by atoms with Gasteiger partial charge < -0.3 is 14.2 Å². The number of fused-ring (bicyclic) bond motifs is 2. The van der Waals surface area contributed by atoms with Gasteiger partial charge in [0, 0.05) is 24.9 Å². The Morgan fingerprint density at radius 1 is 1.09 bits per heavy atom. The number of aromatic nitrogens is 8. The summed E-state index contributed by atoms with van der Waals surface area (Å²) in [4.78, 5) is 25.2. The Balaban J connectivity index is 1.35. The fourth-order valence-electron chi connectivity index (χ4n) is 4.08. The number of halogens is 1. The average molecular weight is 541 g/mol. The van der Waals surface area contributed by atoms with Crippen LogP contribution in [0.4, 0.5) is 0 Å². The molecule has 0 saturated heterocycles. The number of nitrogens with zero attached hydrogens (tertiary/aromatic N) is 7. The normalized spacial score (nSPS) is 11.6. The highest BCUT2D eigenvalue weighted by Crippen LogP contribution is 2.21. The number of ether oxygens (including phenoxy) is 1. The molecular weight excluding hydrogens is 516 g/mol. The van der Waals surface area contributed by atoms with Gasteiger partial charge in [-0.05, 0) is 53.0 Å². The van der Waals surface area contributed by atoms with E-state index in [-0.39, 0.29) is 5.56 Å². The molecule has 12 heteroatoms. The SMILES string of the molecule is CCCCCn1c2nc(Br)[nH]c2c(=O)n2c(CCCc3nc(-c4ccc(OC)cc4)no3)nnc12. The first kappa shape index (κ1) is 23.2. The molecule has 0 spiro atoms. The molecule has 0 aliphatic rings. The topological polar surface area (TPSA) is 129 Å². The van der Waals surface area contributed by atoms with Crippen molar-refractivity contribution in [1.82, 2.24) is 39.3 Å². The predicted molar refractivity (Wildman–Crippen MR) is 132 cm³/mol. The van der Waals surface area contributed by atoms with Crippen molar-refractivity contribution in [2.75, 3.05) is 7.11 Å². The Morgan fingerprint density at radius 2 is 1.91 bits per heavy atom. The van der Waals surface area contributed by atoms with Crippen LogP contribution in [0.25, 0.3) is 28.3 Å². The van der Waals surface area contributed by atoms with Crippen LogP contribution in [0, 0.1) is 0 Å². The third-order valence-electron chi connectivity index (χ3n) is 5.88. The Labute approximate surface area is 208 Å². The van der Waals surface area contributed by atoms with E-state index in [4.69, 9.17) is 9.26 Å². The van der Waals surface area contributed by atoms with Crippen molar-refractivity contribution in [2.24, 2.45) is 0 Å². The van der Waals surface area contributed by atoms with E-state index in [1.54, 1.807) is 11.5 Å². The third-order valence-corrected chi connectivity index (χ3v) is 6.25. The number of H-pyrrole nitrogens is 1. The largest absolute Gasteiger partial charge is 0.497 e. The molecule has 4 aromatic heterocycles. The van der Waals surface area contributed by atoms with Gasteiger partial charge in [-0.2, -0.15) is 4.98 Å². The quantitative estimate of drug-likeness (QED) is 0.208. The molecule has 0 amide bonds. The van der Waals surface area contributed by atoms with E-state index in [1.807, 2.05) is 28.8 Å². The zero-order chi connectivity index (χ0) is 24.4. The number of unbranched alkanes of at least 4 members (excludes halogenated alkanes) is 2. The molecule has 182 valence electrons. The Bertz CT molecular complexity index is 1520. The smallest absolute Gasteiger partial charge is 0.286 e. The maximum Gasteiger partial charge on any atom is 0.286 e. The molecule has 1 N–H and O–H groups in total. The number of methoxy groups -OCH3 is 1. The van der Waals surface area contributed by atoms with Crippen LogP contribution in [0.1, 0.15) is 44.3 Å². The fraction of sp³-hybridized carbons (Fsp3) is 0.391. The van der Waals surface area contributed by atoms with Crippen LogP contribution in [0.15, 0.2) is 38.3 Å². The zero-order valence-corrected chi connectivity index (χ0v) is 21.1. The lowest BCUT2D eigenvalue weighted by Gasteiger charge is -2.09. The highest BCUT2D eigenvalue weighted by Gasteiger charge is 2.19. The minimum atomic E-state index is -0.209. The highest BCUT2D eigenvalue weighted by atomic mass is 79.9. The summed E-state index contributed by atoms with van der Waals surface area (Å²) in [5.74, 6) is 2.92. The Hall–Kier alpha value is -3.54. The van der Waals surface area contributed by atoms with E-state index in [1.165, 1.54) is 0 Å². The van der Waals surface area contributed by atoms with Gasteiger partial charge in [0.15, 0.2) is 15.9 Å². The first-order valence-corrected chi connectivity index (χ1v) is 12.4. The summed E-state index contributed by atoms with van der Waals surface area (Å²) in [5, 5.41) is 12.8. The standard InChI is InChI=1S/C23H25BrN8O3/c1-3-4-5-13-31-20-18(26-22(24)27-20)21(33)32-16(28-29-23(31)32)7-6-8-17-25-19(30-35-17)14-9-11-15(34-2)12-10-14/h9-12H,3-8,13H2,1-2H3,(H,26,27). The van der Waals surface area contributed by atoms with Crippen LogP contribution in [-0.4, -0.2) is 46.4 Å². The molecule has 0 aliphatic heterocycles. The van der Waals surface area contributed by atoms with Gasteiger partial charge in [0.05, 0.1) is 7.11 Å². The molecule has 0 saturated carbocycles. The molecule has 35 heavy (non-hydrogen) atoms. The van der Waals surface area contributed by atoms with E-state index in [0.717, 1.165) is 30.6 Å². The van der Waals surface area contributed by atoms with Gasteiger partial charge >= 0.3 is 0 Å². The van der Waals surface area contributed by atoms with Gasteiger partial charge in [-0.15, -0.1) is 10.2 Å². The van der Waals surface area contributed by atoms with Crippen molar-refractivity contribution >= 4 is 32.9 Å². The summed E-state index contributed by atoms with van der Waals surface area (Å²) in [6.07, 6.45) is 4.90. The van der Waals surface area contributed by atoms with Crippen molar-refractivity contribution < 1.29 is 9.26 Å². The molecular formula is C23H25BrN8O3. The molecule has 4 heterocycles. The minimum absolute atomic E-state index is 0.209. The van der Waals surface area contributed by atoms with Crippen LogP contribution >= 0.6 is 15.9 Å². The lowest BCUT2D eigenvalue weighted by atomic mass is 10.2. The third kappa shape index (κ3) is 4.57. The van der Waals surface area contributed by atoms with Crippen LogP contribution in [0.5, 0.6) is 5.75 Å². The van der Waals surface area contributed by atoms with Crippen LogP contribution in [0.3, 0.4) is 0 Å². The van der Waals surface area contributed by atoms with Crippen molar-refractivity contribution in [3.05, 3.63) is 51.1 Å². The van der Waals surface area contributed by atoms with E-state index in [2.05, 4.69) is 53.2 Å². The Kier molecular flexibility index (Phi) is 6.62. The summed E-state index contributed by atoms with van der Waals surface area (Å²) in [7, 11) is 1.62. The number of hydrogen-bond acceptors (Lipinski definition) is 8. The van der Waals surface area contributed by atoms with Crippen molar-refractivity contribution in [3.8, 4) is 17.1 Å². The number of hydrogen-bond donors (Lipinski definition) is 1. The number of benzene rings is 1. The molecule has 0 unspecified atom stereocenters. The van der Waals surface area contributed by atoms with E-state index in [9.17, 15) is 4.79 Å². The second-order valence-corrected chi connectivity index (χ2v) is 8.99. The van der Waals surface area contributed by atoms with Crippen molar-refractivity contribution in [3.63, 3.8) is 0 Å². The molecule has 0 fully saturated rings. The summed E-state index contributed by atoms with van der Waals surface area (Å²) in [6, 6.07) is 7.48. The molecule has 11 nitrogen and oxygen atoms in total. The number of nitrogens with one attached hydrogen (secondary N) is 1. The Morgan fingerprint density at radius 3 is 2.69 bits per heavy atom. The molecule has 0 bridgehead atoms. The van der Waals surface area contributed by atoms with Crippen LogP contribution in [0.2, 0.25) is 0 Å². The highest BCUT2D eigenvalue weighted by molar-refractivity contribution is 9.10. The molecule has 5 rings (SSSR count). The molecule has 5 aromatic rings. The summed E-state index contributed by atoms with van der Waals surface area (Å²) < 4.78 is 14.7. The van der Waals surface area contributed by atoms with Gasteiger partial charge in [-0.25, -0.2) is 9.38 Å².